The first-order chi connectivity index (χ1) is 9.10. The summed E-state index contributed by atoms with van der Waals surface area (Å²) in [5.74, 6) is -0.360. The number of methoxy groups -OCH3 is 1. The fourth-order valence-corrected chi connectivity index (χ4v) is 1.40. The lowest BCUT2D eigenvalue weighted by atomic mass is 10.2. The number of carbonyl (C=O) groups excluding carboxylic acids is 2. The highest BCUT2D eigenvalue weighted by atomic mass is 16.5. The van der Waals surface area contributed by atoms with Crippen molar-refractivity contribution >= 4 is 17.4 Å². The van der Waals surface area contributed by atoms with Crippen molar-refractivity contribution in [1.29, 1.82) is 0 Å². The number of rotatable bonds is 6. The molecule has 1 aromatic carbocycles. The predicted molar refractivity (Wildman–Crippen MR) is 72.0 cm³/mol. The Bertz CT molecular complexity index is 494. The Balaban J connectivity index is 2.91. The second kappa shape index (κ2) is 7.20. The summed E-state index contributed by atoms with van der Waals surface area (Å²) in [5, 5.41) is 2.62. The van der Waals surface area contributed by atoms with Gasteiger partial charge >= 0.3 is 0 Å². The van der Waals surface area contributed by atoms with Crippen LogP contribution in [0.1, 0.15) is 13.8 Å². The van der Waals surface area contributed by atoms with Crippen LogP contribution < -0.4 is 10.1 Å². The topological polar surface area (TPSA) is 64.6 Å². The maximum absolute atomic E-state index is 12.0. The summed E-state index contributed by atoms with van der Waals surface area (Å²) in [5.41, 5.74) is 0.464. The third kappa shape index (κ3) is 4.13. The van der Waals surface area contributed by atoms with Crippen LogP contribution in [0.4, 0.5) is 5.69 Å². The number of benzene rings is 1. The van der Waals surface area contributed by atoms with E-state index in [1.807, 2.05) is 0 Å². The lowest BCUT2D eigenvalue weighted by Gasteiger charge is -2.10. The van der Waals surface area contributed by atoms with Crippen molar-refractivity contribution in [3.8, 4) is 5.75 Å². The summed E-state index contributed by atoms with van der Waals surface area (Å²) < 4.78 is 10.1. The first kappa shape index (κ1) is 14.8. The highest BCUT2D eigenvalue weighted by Gasteiger charge is 2.16. The lowest BCUT2D eigenvalue weighted by molar-refractivity contribution is -0.119. The highest BCUT2D eigenvalue weighted by molar-refractivity contribution is 6.22. The molecule has 0 aliphatic rings. The molecule has 0 heterocycles. The molecule has 0 radical (unpaired) electrons. The zero-order chi connectivity index (χ0) is 14.3. The molecule has 0 aliphatic carbocycles. The van der Waals surface area contributed by atoms with Crippen molar-refractivity contribution < 1.29 is 19.1 Å². The van der Waals surface area contributed by atoms with Crippen molar-refractivity contribution in [3.63, 3.8) is 0 Å². The van der Waals surface area contributed by atoms with E-state index in [0.29, 0.717) is 18.0 Å². The van der Waals surface area contributed by atoms with E-state index in [0.717, 1.165) is 0 Å². The van der Waals surface area contributed by atoms with Crippen LogP contribution >= 0.6 is 0 Å². The average Bonchev–Trinajstić information content (AvgIpc) is 2.39. The number of ether oxygens (including phenoxy) is 2. The Morgan fingerprint density at radius 2 is 2.00 bits per heavy atom. The molecule has 0 aliphatic heterocycles. The third-order valence-corrected chi connectivity index (χ3v) is 2.35. The van der Waals surface area contributed by atoms with Crippen LogP contribution in [0.3, 0.4) is 0 Å². The Kier molecular flexibility index (Phi) is 5.60. The molecule has 0 unspecified atom stereocenters. The first-order valence-corrected chi connectivity index (χ1v) is 5.87. The summed E-state index contributed by atoms with van der Waals surface area (Å²) >= 11 is 0. The summed E-state index contributed by atoms with van der Waals surface area (Å²) in [7, 11) is 1.51. The molecule has 1 N–H and O–H groups in total. The minimum atomic E-state index is -0.523. The first-order valence-electron chi connectivity index (χ1n) is 5.87. The Hall–Kier alpha value is -2.30. The smallest absolute Gasteiger partial charge is 0.262 e. The standard InChI is InChI=1S/C14H17NO4/c1-4-19-9-11(10(2)16)14(17)15-12-7-5-6-8-13(12)18-3/h5-9H,4H2,1-3H3,(H,15,17). The van der Waals surface area contributed by atoms with E-state index in [4.69, 9.17) is 9.47 Å². The van der Waals surface area contributed by atoms with Gasteiger partial charge in [-0.2, -0.15) is 0 Å². The zero-order valence-electron chi connectivity index (χ0n) is 11.2. The lowest BCUT2D eigenvalue weighted by Crippen LogP contribution is -2.19. The zero-order valence-corrected chi connectivity index (χ0v) is 11.2. The van der Waals surface area contributed by atoms with Crippen LogP contribution in [0.15, 0.2) is 36.1 Å². The number of nitrogens with one attached hydrogen (secondary N) is 1. The van der Waals surface area contributed by atoms with Gasteiger partial charge in [-0.05, 0) is 26.0 Å². The maximum atomic E-state index is 12.0. The summed E-state index contributed by atoms with van der Waals surface area (Å²) in [4.78, 5) is 23.4. The van der Waals surface area contributed by atoms with Crippen LogP contribution in [0.5, 0.6) is 5.75 Å². The number of hydrogen-bond donors (Lipinski definition) is 1. The number of anilines is 1. The monoisotopic (exact) mass is 263 g/mol. The molecule has 1 aromatic rings. The van der Waals surface area contributed by atoms with Gasteiger partial charge in [0.25, 0.3) is 5.91 Å². The van der Waals surface area contributed by atoms with Crippen molar-refractivity contribution in [2.45, 2.75) is 13.8 Å². The van der Waals surface area contributed by atoms with Gasteiger partial charge in [0.1, 0.15) is 11.3 Å². The van der Waals surface area contributed by atoms with Gasteiger partial charge in [-0.15, -0.1) is 0 Å². The fraction of sp³-hybridized carbons (Fsp3) is 0.286. The molecule has 0 bridgehead atoms. The molecular weight excluding hydrogens is 246 g/mol. The summed E-state index contributed by atoms with van der Waals surface area (Å²) in [6.45, 7) is 3.47. The molecule has 5 nitrogen and oxygen atoms in total. The van der Waals surface area contributed by atoms with E-state index < -0.39 is 5.91 Å². The Morgan fingerprint density at radius 1 is 1.32 bits per heavy atom. The van der Waals surface area contributed by atoms with Crippen LogP contribution in [0, 0.1) is 0 Å². The van der Waals surface area contributed by atoms with Crippen LogP contribution in [-0.4, -0.2) is 25.4 Å². The Labute approximate surface area is 112 Å². The maximum Gasteiger partial charge on any atom is 0.262 e. The number of ketones is 1. The van der Waals surface area contributed by atoms with E-state index >= 15 is 0 Å². The van der Waals surface area contributed by atoms with Crippen LogP contribution in [0.2, 0.25) is 0 Å². The molecule has 0 aromatic heterocycles. The predicted octanol–water partition coefficient (Wildman–Crippen LogP) is 2.14. The van der Waals surface area contributed by atoms with Gasteiger partial charge in [0, 0.05) is 0 Å². The van der Waals surface area contributed by atoms with Gasteiger partial charge in [0.05, 0.1) is 25.7 Å². The van der Waals surface area contributed by atoms with E-state index in [-0.39, 0.29) is 11.4 Å². The molecule has 0 saturated heterocycles. The summed E-state index contributed by atoms with van der Waals surface area (Å²) in [6.07, 6.45) is 1.17. The third-order valence-electron chi connectivity index (χ3n) is 2.35. The Morgan fingerprint density at radius 3 is 2.58 bits per heavy atom. The average molecular weight is 263 g/mol. The van der Waals surface area contributed by atoms with E-state index in [2.05, 4.69) is 5.32 Å². The van der Waals surface area contributed by atoms with E-state index in [1.165, 1.54) is 20.3 Å². The molecule has 1 rings (SSSR count). The molecule has 19 heavy (non-hydrogen) atoms. The van der Waals surface area contributed by atoms with E-state index in [9.17, 15) is 9.59 Å². The van der Waals surface area contributed by atoms with Crippen molar-refractivity contribution in [1.82, 2.24) is 0 Å². The molecule has 1 amide bonds. The SMILES string of the molecule is CCOC=C(C(C)=O)C(=O)Nc1ccccc1OC. The van der Waals surface area contributed by atoms with E-state index in [1.54, 1.807) is 31.2 Å². The van der Waals surface area contributed by atoms with Gasteiger partial charge in [-0.25, -0.2) is 0 Å². The molecule has 0 fully saturated rings. The van der Waals surface area contributed by atoms with Gasteiger partial charge in [-0.1, -0.05) is 12.1 Å². The largest absolute Gasteiger partial charge is 0.501 e. The van der Waals surface area contributed by atoms with Crippen LogP contribution in [0.25, 0.3) is 0 Å². The van der Waals surface area contributed by atoms with Crippen molar-refractivity contribution in [2.24, 2.45) is 0 Å². The van der Waals surface area contributed by atoms with Gasteiger partial charge < -0.3 is 14.8 Å². The number of amides is 1. The van der Waals surface area contributed by atoms with Gasteiger partial charge in [0.2, 0.25) is 0 Å². The van der Waals surface area contributed by atoms with Crippen LogP contribution in [-0.2, 0) is 14.3 Å². The molecular formula is C14H17NO4. The van der Waals surface area contributed by atoms with Crippen molar-refractivity contribution in [3.05, 3.63) is 36.1 Å². The minimum Gasteiger partial charge on any atom is -0.501 e. The highest BCUT2D eigenvalue weighted by Crippen LogP contribution is 2.23. The molecule has 102 valence electrons. The number of Topliss-reactive ketones (excluding diaryl/α,β-unsaturated/α-hetero) is 1. The van der Waals surface area contributed by atoms with Crippen molar-refractivity contribution in [2.75, 3.05) is 19.0 Å². The van der Waals surface area contributed by atoms with Gasteiger partial charge in [-0.3, -0.25) is 9.59 Å². The number of para-hydroxylation sites is 2. The quantitative estimate of drug-likeness (QED) is 0.369. The fourth-order valence-electron chi connectivity index (χ4n) is 1.40. The summed E-state index contributed by atoms with van der Waals surface area (Å²) in [6, 6.07) is 6.96. The molecule has 0 spiro atoms. The number of hydrogen-bond acceptors (Lipinski definition) is 4. The van der Waals surface area contributed by atoms with Gasteiger partial charge in [0.15, 0.2) is 5.78 Å². The molecule has 0 saturated carbocycles. The molecule has 0 atom stereocenters. The minimum absolute atomic E-state index is 0.0345. The normalized spacial score (nSPS) is 10.8. The number of carbonyl (C=O) groups is 2. The molecule has 5 heteroatoms. The second-order valence-electron chi connectivity index (χ2n) is 3.70. The second-order valence-corrected chi connectivity index (χ2v) is 3.70.